The predicted molar refractivity (Wildman–Crippen MR) is 68.3 cm³/mol. The van der Waals surface area contributed by atoms with Crippen molar-refractivity contribution < 1.29 is 0 Å². The number of nitrogens with two attached hydrogens (primary N) is 1. The van der Waals surface area contributed by atoms with E-state index in [1.807, 2.05) is 36.1 Å². The summed E-state index contributed by atoms with van der Waals surface area (Å²) >= 11 is 3.47. The molecular formula is C12H14BrN3. The summed E-state index contributed by atoms with van der Waals surface area (Å²) in [6.45, 7) is 2.57. The third kappa shape index (κ3) is 2.33. The average molecular weight is 280 g/mol. The minimum Gasteiger partial charge on any atom is -0.328 e. The zero-order valence-electron chi connectivity index (χ0n) is 9.10. The standard InChI is InChI=1S/C12H14BrN3/c1-9-7-15-16(8-9)12(6-14)10-3-2-4-11(13)5-10/h2-5,7-8,12H,6,14H2,1H3. The lowest BCUT2D eigenvalue weighted by atomic mass is 10.1. The quantitative estimate of drug-likeness (QED) is 0.938. The minimum atomic E-state index is 0.103. The van der Waals surface area contributed by atoms with Gasteiger partial charge in [0.2, 0.25) is 0 Å². The summed E-state index contributed by atoms with van der Waals surface area (Å²) in [5.41, 5.74) is 8.13. The minimum absolute atomic E-state index is 0.103. The van der Waals surface area contributed by atoms with Crippen LogP contribution in [0.2, 0.25) is 0 Å². The number of rotatable bonds is 3. The molecule has 2 N–H and O–H groups in total. The van der Waals surface area contributed by atoms with E-state index in [0.717, 1.165) is 10.0 Å². The first-order chi connectivity index (χ1) is 7.70. The molecule has 2 aromatic rings. The topological polar surface area (TPSA) is 43.8 Å². The van der Waals surface area contributed by atoms with E-state index in [0.29, 0.717) is 6.54 Å². The molecule has 4 heteroatoms. The lowest BCUT2D eigenvalue weighted by Crippen LogP contribution is -2.20. The Labute approximate surface area is 103 Å². The molecule has 0 aliphatic rings. The van der Waals surface area contributed by atoms with Gasteiger partial charge in [-0.3, -0.25) is 4.68 Å². The van der Waals surface area contributed by atoms with Gasteiger partial charge in [-0.1, -0.05) is 28.1 Å². The van der Waals surface area contributed by atoms with Gasteiger partial charge in [-0.25, -0.2) is 0 Å². The molecule has 0 spiro atoms. The van der Waals surface area contributed by atoms with Crippen molar-refractivity contribution in [2.75, 3.05) is 6.54 Å². The van der Waals surface area contributed by atoms with Crippen molar-refractivity contribution in [3.05, 3.63) is 52.3 Å². The van der Waals surface area contributed by atoms with E-state index < -0.39 is 0 Å². The van der Waals surface area contributed by atoms with Crippen LogP contribution in [0.1, 0.15) is 17.2 Å². The fourth-order valence-corrected chi connectivity index (χ4v) is 2.13. The number of aryl methyl sites for hydroxylation is 1. The van der Waals surface area contributed by atoms with Crippen molar-refractivity contribution in [2.24, 2.45) is 5.73 Å². The van der Waals surface area contributed by atoms with Gasteiger partial charge >= 0.3 is 0 Å². The highest BCUT2D eigenvalue weighted by Crippen LogP contribution is 2.20. The monoisotopic (exact) mass is 279 g/mol. The SMILES string of the molecule is Cc1cnn(C(CN)c2cccc(Br)c2)c1. The molecular weight excluding hydrogens is 266 g/mol. The normalized spacial score (nSPS) is 12.7. The van der Waals surface area contributed by atoms with E-state index in [1.54, 1.807) is 0 Å². The summed E-state index contributed by atoms with van der Waals surface area (Å²) in [4.78, 5) is 0. The molecule has 0 radical (unpaired) electrons. The molecule has 84 valence electrons. The number of nitrogens with zero attached hydrogens (tertiary/aromatic N) is 2. The third-order valence-electron chi connectivity index (χ3n) is 2.51. The van der Waals surface area contributed by atoms with Crippen molar-refractivity contribution in [3.63, 3.8) is 0 Å². The molecule has 0 saturated carbocycles. The second-order valence-corrected chi connectivity index (χ2v) is 4.72. The van der Waals surface area contributed by atoms with Crippen molar-refractivity contribution in [1.29, 1.82) is 0 Å². The molecule has 0 aliphatic carbocycles. The van der Waals surface area contributed by atoms with Crippen molar-refractivity contribution in [2.45, 2.75) is 13.0 Å². The van der Waals surface area contributed by atoms with Crippen molar-refractivity contribution in [3.8, 4) is 0 Å². The zero-order valence-corrected chi connectivity index (χ0v) is 10.7. The Morgan fingerprint density at radius 1 is 1.50 bits per heavy atom. The molecule has 0 amide bonds. The van der Waals surface area contributed by atoms with Gasteiger partial charge in [-0.05, 0) is 30.2 Å². The Kier molecular flexibility index (Phi) is 3.41. The fourth-order valence-electron chi connectivity index (χ4n) is 1.71. The molecule has 3 nitrogen and oxygen atoms in total. The van der Waals surface area contributed by atoms with E-state index in [4.69, 9.17) is 5.73 Å². The third-order valence-corrected chi connectivity index (χ3v) is 3.00. The molecule has 1 heterocycles. The van der Waals surface area contributed by atoms with Gasteiger partial charge in [-0.2, -0.15) is 5.10 Å². The van der Waals surface area contributed by atoms with Crippen LogP contribution >= 0.6 is 15.9 Å². The van der Waals surface area contributed by atoms with Gasteiger partial charge in [0, 0.05) is 17.2 Å². The summed E-state index contributed by atoms with van der Waals surface area (Å²) in [5.74, 6) is 0. The number of hydrogen-bond donors (Lipinski definition) is 1. The van der Waals surface area contributed by atoms with Crippen molar-refractivity contribution >= 4 is 15.9 Å². The first kappa shape index (κ1) is 11.4. The van der Waals surface area contributed by atoms with Crippen LogP contribution in [0.4, 0.5) is 0 Å². The van der Waals surface area contributed by atoms with Gasteiger partial charge in [0.1, 0.15) is 0 Å². The molecule has 2 rings (SSSR count). The second kappa shape index (κ2) is 4.80. The average Bonchev–Trinajstić information content (AvgIpc) is 2.66. The van der Waals surface area contributed by atoms with Gasteiger partial charge in [-0.15, -0.1) is 0 Å². The lowest BCUT2D eigenvalue weighted by molar-refractivity contribution is 0.531. The van der Waals surface area contributed by atoms with Crippen LogP contribution < -0.4 is 5.73 Å². The van der Waals surface area contributed by atoms with Crippen LogP contribution in [-0.4, -0.2) is 16.3 Å². The van der Waals surface area contributed by atoms with Gasteiger partial charge in [0.25, 0.3) is 0 Å². The number of halogens is 1. The summed E-state index contributed by atoms with van der Waals surface area (Å²) in [7, 11) is 0. The van der Waals surface area contributed by atoms with Gasteiger partial charge in [0.05, 0.1) is 12.2 Å². The van der Waals surface area contributed by atoms with E-state index in [1.165, 1.54) is 5.56 Å². The maximum Gasteiger partial charge on any atom is 0.0891 e. The maximum atomic E-state index is 5.82. The Balaban J connectivity index is 2.36. The number of hydrogen-bond acceptors (Lipinski definition) is 2. The Hall–Kier alpha value is -1.13. The highest BCUT2D eigenvalue weighted by atomic mass is 79.9. The van der Waals surface area contributed by atoms with E-state index >= 15 is 0 Å². The number of benzene rings is 1. The first-order valence-corrected chi connectivity index (χ1v) is 5.96. The summed E-state index contributed by atoms with van der Waals surface area (Å²) in [6, 6.07) is 8.27. The van der Waals surface area contributed by atoms with Crippen LogP contribution in [0.25, 0.3) is 0 Å². The van der Waals surface area contributed by atoms with E-state index in [2.05, 4.69) is 33.2 Å². The smallest absolute Gasteiger partial charge is 0.0891 e. The predicted octanol–water partition coefficient (Wildman–Crippen LogP) is 2.50. The second-order valence-electron chi connectivity index (χ2n) is 3.80. The van der Waals surface area contributed by atoms with Gasteiger partial charge < -0.3 is 5.73 Å². The van der Waals surface area contributed by atoms with E-state index in [9.17, 15) is 0 Å². The molecule has 1 aromatic carbocycles. The van der Waals surface area contributed by atoms with Crippen LogP contribution in [0.3, 0.4) is 0 Å². The molecule has 0 fully saturated rings. The van der Waals surface area contributed by atoms with Gasteiger partial charge in [0.15, 0.2) is 0 Å². The van der Waals surface area contributed by atoms with Crippen LogP contribution in [-0.2, 0) is 0 Å². The molecule has 0 aliphatic heterocycles. The number of aromatic nitrogens is 2. The molecule has 1 aromatic heterocycles. The summed E-state index contributed by atoms with van der Waals surface area (Å²) < 4.78 is 2.98. The Morgan fingerprint density at radius 2 is 2.31 bits per heavy atom. The Bertz CT molecular complexity index is 479. The maximum absolute atomic E-state index is 5.82. The highest BCUT2D eigenvalue weighted by Gasteiger charge is 2.12. The molecule has 16 heavy (non-hydrogen) atoms. The summed E-state index contributed by atoms with van der Waals surface area (Å²) in [5, 5.41) is 4.31. The Morgan fingerprint density at radius 3 is 2.88 bits per heavy atom. The molecule has 1 atom stereocenters. The van der Waals surface area contributed by atoms with Crippen LogP contribution in [0.5, 0.6) is 0 Å². The molecule has 1 unspecified atom stereocenters. The highest BCUT2D eigenvalue weighted by molar-refractivity contribution is 9.10. The van der Waals surface area contributed by atoms with E-state index in [-0.39, 0.29) is 6.04 Å². The molecule has 0 bridgehead atoms. The fraction of sp³-hybridized carbons (Fsp3) is 0.250. The van der Waals surface area contributed by atoms with Crippen LogP contribution in [0, 0.1) is 6.92 Å². The largest absolute Gasteiger partial charge is 0.328 e. The summed E-state index contributed by atoms with van der Waals surface area (Å²) in [6.07, 6.45) is 3.86. The molecule has 0 saturated heterocycles. The first-order valence-electron chi connectivity index (χ1n) is 5.17. The van der Waals surface area contributed by atoms with Crippen molar-refractivity contribution in [1.82, 2.24) is 9.78 Å². The van der Waals surface area contributed by atoms with Crippen LogP contribution in [0.15, 0.2) is 41.1 Å². The zero-order chi connectivity index (χ0) is 11.5. The lowest BCUT2D eigenvalue weighted by Gasteiger charge is -2.16.